The van der Waals surface area contributed by atoms with E-state index in [1.807, 2.05) is 6.92 Å². The number of rotatable bonds is 2. The summed E-state index contributed by atoms with van der Waals surface area (Å²) in [6.45, 7) is 2.42. The molecule has 0 fully saturated rings. The standard InChI is InChI=1S/C15H14F3IN2O2/c1-8-5-12-10(7-23-8)14(19)20-21(12)9-3-4-11(15(16,17)18)13(6-9)22-2/h3-4,6,8H,5,7H2,1-2H3/t8-/m1/s1. The Balaban J connectivity index is 2.10. The number of nitrogens with zero attached hydrogens (tertiary/aromatic N) is 2. The Hall–Kier alpha value is -1.29. The van der Waals surface area contributed by atoms with Crippen LogP contribution in [0.4, 0.5) is 13.2 Å². The van der Waals surface area contributed by atoms with Gasteiger partial charge in [0.2, 0.25) is 0 Å². The number of ether oxygens (including phenoxy) is 2. The number of hydrogen-bond donors (Lipinski definition) is 0. The molecule has 1 aliphatic rings. The topological polar surface area (TPSA) is 36.3 Å². The normalized spacial score (nSPS) is 17.9. The second kappa shape index (κ2) is 5.97. The Morgan fingerprint density at radius 2 is 2.13 bits per heavy atom. The van der Waals surface area contributed by atoms with E-state index in [9.17, 15) is 13.2 Å². The van der Waals surface area contributed by atoms with Crippen LogP contribution in [0, 0.1) is 3.70 Å². The van der Waals surface area contributed by atoms with Crippen LogP contribution in [0.2, 0.25) is 0 Å². The van der Waals surface area contributed by atoms with Gasteiger partial charge >= 0.3 is 6.18 Å². The highest BCUT2D eigenvalue weighted by atomic mass is 127. The van der Waals surface area contributed by atoms with Gasteiger partial charge in [0.25, 0.3) is 0 Å². The van der Waals surface area contributed by atoms with E-state index in [4.69, 9.17) is 9.47 Å². The molecule has 0 unspecified atom stereocenters. The highest BCUT2D eigenvalue weighted by Gasteiger charge is 2.34. The largest absolute Gasteiger partial charge is 0.496 e. The molecule has 124 valence electrons. The van der Waals surface area contributed by atoms with Gasteiger partial charge in [0, 0.05) is 18.1 Å². The van der Waals surface area contributed by atoms with Crippen molar-refractivity contribution in [2.45, 2.75) is 32.2 Å². The van der Waals surface area contributed by atoms with Crippen LogP contribution >= 0.6 is 22.6 Å². The van der Waals surface area contributed by atoms with Crippen LogP contribution in [-0.2, 0) is 23.9 Å². The summed E-state index contributed by atoms with van der Waals surface area (Å²) >= 11 is 2.11. The van der Waals surface area contributed by atoms with E-state index < -0.39 is 11.7 Å². The second-order valence-electron chi connectivity index (χ2n) is 5.34. The summed E-state index contributed by atoms with van der Waals surface area (Å²) in [5.74, 6) is -0.214. The highest BCUT2D eigenvalue weighted by Crippen LogP contribution is 2.37. The fourth-order valence-electron chi connectivity index (χ4n) is 2.62. The molecule has 0 radical (unpaired) electrons. The lowest BCUT2D eigenvalue weighted by Crippen LogP contribution is -2.21. The van der Waals surface area contributed by atoms with Crippen molar-refractivity contribution in [3.8, 4) is 11.4 Å². The van der Waals surface area contributed by atoms with E-state index in [-0.39, 0.29) is 11.9 Å². The molecule has 0 bridgehead atoms. The third-order valence-corrected chi connectivity index (χ3v) is 4.64. The quantitative estimate of drug-likeness (QED) is 0.667. The average Bonchev–Trinajstić information content (AvgIpc) is 2.82. The molecule has 8 heteroatoms. The van der Waals surface area contributed by atoms with Crippen molar-refractivity contribution in [3.63, 3.8) is 0 Å². The van der Waals surface area contributed by atoms with Crippen molar-refractivity contribution in [3.05, 3.63) is 38.7 Å². The summed E-state index contributed by atoms with van der Waals surface area (Å²) in [7, 11) is 1.23. The molecule has 23 heavy (non-hydrogen) atoms. The van der Waals surface area contributed by atoms with Gasteiger partial charge in [-0.25, -0.2) is 4.68 Å². The maximum Gasteiger partial charge on any atom is 0.419 e. The highest BCUT2D eigenvalue weighted by molar-refractivity contribution is 14.1. The average molecular weight is 438 g/mol. The summed E-state index contributed by atoms with van der Waals surface area (Å²) in [6.07, 6.45) is -3.75. The van der Waals surface area contributed by atoms with Crippen LogP contribution < -0.4 is 4.74 Å². The third-order valence-electron chi connectivity index (χ3n) is 3.77. The van der Waals surface area contributed by atoms with Gasteiger partial charge in [0.05, 0.1) is 36.8 Å². The van der Waals surface area contributed by atoms with Gasteiger partial charge in [0.1, 0.15) is 9.45 Å². The first-order valence-electron chi connectivity index (χ1n) is 6.94. The van der Waals surface area contributed by atoms with Gasteiger partial charge in [0.15, 0.2) is 0 Å². The van der Waals surface area contributed by atoms with Crippen molar-refractivity contribution in [2.24, 2.45) is 0 Å². The molecule has 1 aromatic heterocycles. The summed E-state index contributed by atoms with van der Waals surface area (Å²) in [5.41, 5.74) is 1.71. The van der Waals surface area contributed by atoms with Gasteiger partial charge < -0.3 is 9.47 Å². The minimum absolute atomic E-state index is 0.0464. The predicted octanol–water partition coefficient (Wildman–Crippen LogP) is 3.97. The molecule has 0 N–H and O–H groups in total. The van der Waals surface area contributed by atoms with Crippen LogP contribution in [0.5, 0.6) is 5.75 Å². The zero-order chi connectivity index (χ0) is 16.8. The SMILES string of the molecule is COc1cc(-n2nc(I)c3c2C[C@@H](C)OC3)ccc1C(F)(F)F. The molecule has 0 amide bonds. The first-order chi connectivity index (χ1) is 10.8. The number of benzene rings is 1. The summed E-state index contributed by atoms with van der Waals surface area (Å²) in [5, 5.41) is 4.45. The van der Waals surface area contributed by atoms with E-state index in [0.717, 1.165) is 21.0 Å². The fraction of sp³-hybridized carbons (Fsp3) is 0.400. The number of methoxy groups -OCH3 is 1. The van der Waals surface area contributed by atoms with Crippen molar-refractivity contribution in [1.82, 2.24) is 9.78 Å². The smallest absolute Gasteiger partial charge is 0.419 e. The molecule has 0 aliphatic carbocycles. The van der Waals surface area contributed by atoms with E-state index in [1.165, 1.54) is 19.2 Å². The summed E-state index contributed by atoms with van der Waals surface area (Å²) < 4.78 is 51.9. The number of halogens is 4. The Morgan fingerprint density at radius 3 is 2.78 bits per heavy atom. The van der Waals surface area contributed by atoms with E-state index in [2.05, 4.69) is 27.7 Å². The maximum absolute atomic E-state index is 13.0. The predicted molar refractivity (Wildman–Crippen MR) is 85.8 cm³/mol. The molecular weight excluding hydrogens is 424 g/mol. The fourth-order valence-corrected chi connectivity index (χ4v) is 3.31. The molecule has 0 spiro atoms. The zero-order valence-electron chi connectivity index (χ0n) is 12.4. The summed E-state index contributed by atoms with van der Waals surface area (Å²) in [6, 6.07) is 3.80. The monoisotopic (exact) mass is 438 g/mol. The van der Waals surface area contributed by atoms with Gasteiger partial charge in [-0.15, -0.1) is 0 Å². The maximum atomic E-state index is 13.0. The van der Waals surface area contributed by atoms with E-state index >= 15 is 0 Å². The molecular formula is C15H14F3IN2O2. The third kappa shape index (κ3) is 3.06. The second-order valence-corrected chi connectivity index (χ2v) is 6.36. The molecule has 3 rings (SSSR count). The van der Waals surface area contributed by atoms with E-state index in [0.29, 0.717) is 18.7 Å². The number of aromatic nitrogens is 2. The van der Waals surface area contributed by atoms with Gasteiger partial charge in [-0.1, -0.05) is 0 Å². The van der Waals surface area contributed by atoms with Crippen LogP contribution in [-0.4, -0.2) is 23.0 Å². The van der Waals surface area contributed by atoms with Crippen LogP contribution in [0.3, 0.4) is 0 Å². The first-order valence-corrected chi connectivity index (χ1v) is 8.02. The zero-order valence-corrected chi connectivity index (χ0v) is 14.6. The number of hydrogen-bond acceptors (Lipinski definition) is 3. The molecule has 4 nitrogen and oxygen atoms in total. The van der Waals surface area contributed by atoms with Crippen LogP contribution in [0.1, 0.15) is 23.7 Å². The Labute approximate surface area is 144 Å². The summed E-state index contributed by atoms with van der Waals surface area (Å²) in [4.78, 5) is 0. The van der Waals surface area contributed by atoms with Gasteiger partial charge in [-0.2, -0.15) is 18.3 Å². The lowest BCUT2D eigenvalue weighted by molar-refractivity contribution is -0.138. The molecule has 1 atom stereocenters. The van der Waals surface area contributed by atoms with Crippen LogP contribution in [0.15, 0.2) is 18.2 Å². The van der Waals surface area contributed by atoms with Crippen molar-refractivity contribution >= 4 is 22.6 Å². The van der Waals surface area contributed by atoms with Gasteiger partial charge in [-0.3, -0.25) is 0 Å². The Bertz CT molecular complexity index is 743. The lowest BCUT2D eigenvalue weighted by Gasteiger charge is -2.21. The molecule has 1 aliphatic heterocycles. The Kier molecular flexibility index (Phi) is 4.30. The van der Waals surface area contributed by atoms with Gasteiger partial charge in [-0.05, 0) is 41.6 Å². The molecule has 2 heterocycles. The molecule has 1 aromatic carbocycles. The first kappa shape index (κ1) is 16.6. The van der Waals surface area contributed by atoms with Crippen molar-refractivity contribution in [1.29, 1.82) is 0 Å². The van der Waals surface area contributed by atoms with Crippen molar-refractivity contribution < 1.29 is 22.6 Å². The lowest BCUT2D eigenvalue weighted by atomic mass is 10.1. The molecule has 0 saturated carbocycles. The minimum Gasteiger partial charge on any atom is -0.496 e. The molecule has 0 saturated heterocycles. The minimum atomic E-state index is -4.45. The number of fused-ring (bicyclic) bond motifs is 1. The Morgan fingerprint density at radius 1 is 1.39 bits per heavy atom. The van der Waals surface area contributed by atoms with E-state index in [1.54, 1.807) is 4.68 Å². The van der Waals surface area contributed by atoms with Crippen LogP contribution in [0.25, 0.3) is 5.69 Å². The number of alkyl halides is 3. The van der Waals surface area contributed by atoms with Crippen molar-refractivity contribution in [2.75, 3.05) is 7.11 Å². The molecule has 2 aromatic rings.